The van der Waals surface area contributed by atoms with Crippen LogP contribution in [0.1, 0.15) is 44.9 Å². The van der Waals surface area contributed by atoms with Crippen LogP contribution in [0, 0.1) is 11.8 Å². The van der Waals surface area contributed by atoms with Crippen molar-refractivity contribution in [3.8, 4) is 0 Å². The first-order chi connectivity index (χ1) is 11.9. The molecule has 25 heavy (non-hydrogen) atoms. The number of guanidine groups is 1. The molecule has 2 fully saturated rings. The molecule has 0 spiro atoms. The number of hydrogen-bond donors (Lipinski definition) is 2. The summed E-state index contributed by atoms with van der Waals surface area (Å²) >= 11 is 0. The lowest BCUT2D eigenvalue weighted by Gasteiger charge is -2.31. The van der Waals surface area contributed by atoms with Crippen molar-refractivity contribution in [2.24, 2.45) is 16.8 Å². The number of rotatable bonds is 6. The second-order valence-electron chi connectivity index (χ2n) is 6.99. The number of halogens is 2. The summed E-state index contributed by atoms with van der Waals surface area (Å²) in [7, 11) is -2.71. The lowest BCUT2D eigenvalue weighted by Crippen LogP contribution is -2.46. The average molecular weight is 381 g/mol. The van der Waals surface area contributed by atoms with Gasteiger partial charge in [0, 0.05) is 33.2 Å². The van der Waals surface area contributed by atoms with Crippen molar-refractivity contribution < 1.29 is 17.2 Å². The smallest absolute Gasteiger partial charge is 0.350 e. The third kappa shape index (κ3) is 6.06. The highest BCUT2D eigenvalue weighted by Gasteiger charge is 2.34. The van der Waals surface area contributed by atoms with Gasteiger partial charge in [-0.3, -0.25) is 4.99 Å². The number of nitrogens with one attached hydrogen (secondary N) is 2. The number of aliphatic imine (C=N–C) groups is 1. The predicted octanol–water partition coefficient (Wildman–Crippen LogP) is 2.00. The predicted molar refractivity (Wildman–Crippen MR) is 95.2 cm³/mol. The summed E-state index contributed by atoms with van der Waals surface area (Å²) in [6.45, 7) is 1.91. The van der Waals surface area contributed by atoms with E-state index < -0.39 is 15.8 Å². The maximum atomic E-state index is 12.6. The Morgan fingerprint density at radius 2 is 1.56 bits per heavy atom. The molecular weight excluding hydrogens is 350 g/mol. The second-order valence-corrected chi connectivity index (χ2v) is 8.89. The van der Waals surface area contributed by atoms with Crippen LogP contribution in [-0.4, -0.2) is 57.7 Å². The molecule has 0 aromatic heterocycles. The Kier molecular flexibility index (Phi) is 7.86. The van der Waals surface area contributed by atoms with Crippen LogP contribution >= 0.6 is 0 Å². The summed E-state index contributed by atoms with van der Waals surface area (Å²) in [5.41, 5.74) is 0. The summed E-state index contributed by atoms with van der Waals surface area (Å²) in [5.74, 6) is -1.61. The van der Waals surface area contributed by atoms with Crippen LogP contribution in [-0.2, 0) is 10.0 Å². The van der Waals surface area contributed by atoms with Crippen LogP contribution in [0.3, 0.4) is 0 Å². The highest BCUT2D eigenvalue weighted by molar-refractivity contribution is 7.89. The van der Waals surface area contributed by atoms with E-state index in [2.05, 4.69) is 15.6 Å². The largest absolute Gasteiger partial charge is 0.356 e. The molecule has 0 aromatic rings. The van der Waals surface area contributed by atoms with Gasteiger partial charge in [0.1, 0.15) is 0 Å². The van der Waals surface area contributed by atoms with Crippen molar-refractivity contribution in [1.82, 2.24) is 14.9 Å². The standard InChI is InChI=1S/C16H30F2N4O2S/c1-19-16(20-11-13-5-3-2-4-6-13)21-12-14-7-9-22(10-8-14)25(23,24)15(17)18/h13-15H,2-12H2,1H3,(H2,19,20,21). The van der Waals surface area contributed by atoms with E-state index >= 15 is 0 Å². The molecule has 0 aromatic carbocycles. The van der Waals surface area contributed by atoms with Gasteiger partial charge in [-0.05, 0) is 37.5 Å². The van der Waals surface area contributed by atoms with E-state index in [0.29, 0.717) is 25.3 Å². The van der Waals surface area contributed by atoms with Gasteiger partial charge in [-0.25, -0.2) is 8.42 Å². The van der Waals surface area contributed by atoms with Crippen LogP contribution in [0.4, 0.5) is 8.78 Å². The van der Waals surface area contributed by atoms with E-state index in [-0.39, 0.29) is 19.0 Å². The Bertz CT molecular complexity index is 528. The number of piperidine rings is 1. The molecule has 2 N–H and O–H groups in total. The third-order valence-corrected chi connectivity index (χ3v) is 6.76. The molecule has 1 aliphatic carbocycles. The Morgan fingerprint density at radius 1 is 1.04 bits per heavy atom. The first-order valence-corrected chi connectivity index (χ1v) is 10.7. The monoisotopic (exact) mass is 380 g/mol. The zero-order chi connectivity index (χ0) is 18.3. The van der Waals surface area contributed by atoms with Gasteiger partial charge >= 0.3 is 5.76 Å². The fraction of sp³-hybridized carbons (Fsp3) is 0.938. The lowest BCUT2D eigenvalue weighted by molar-refractivity contribution is 0.204. The minimum atomic E-state index is -4.44. The molecular formula is C16H30F2N4O2S. The Labute approximate surface area is 149 Å². The number of alkyl halides is 2. The highest BCUT2D eigenvalue weighted by atomic mass is 32.2. The molecule has 6 nitrogen and oxygen atoms in total. The minimum Gasteiger partial charge on any atom is -0.356 e. The fourth-order valence-electron chi connectivity index (χ4n) is 3.57. The van der Waals surface area contributed by atoms with E-state index in [1.54, 1.807) is 7.05 Å². The molecule has 2 aliphatic rings. The van der Waals surface area contributed by atoms with E-state index in [4.69, 9.17) is 0 Å². The fourth-order valence-corrected chi connectivity index (χ4v) is 4.52. The molecule has 2 rings (SSSR count). The third-order valence-electron chi connectivity index (χ3n) is 5.22. The summed E-state index contributed by atoms with van der Waals surface area (Å²) in [6, 6.07) is 0. The maximum Gasteiger partial charge on any atom is 0.350 e. The highest BCUT2D eigenvalue weighted by Crippen LogP contribution is 2.23. The number of nitrogens with zero attached hydrogens (tertiary/aromatic N) is 2. The van der Waals surface area contributed by atoms with E-state index in [1.807, 2.05) is 0 Å². The zero-order valence-corrected chi connectivity index (χ0v) is 15.7. The minimum absolute atomic E-state index is 0.160. The quantitative estimate of drug-likeness (QED) is 0.546. The molecule has 146 valence electrons. The van der Waals surface area contributed by atoms with Gasteiger partial charge in [-0.1, -0.05) is 19.3 Å². The van der Waals surface area contributed by atoms with Gasteiger partial charge < -0.3 is 10.6 Å². The SMILES string of the molecule is CN=C(NCC1CCCCC1)NCC1CCN(S(=O)(=O)C(F)F)CC1. The summed E-state index contributed by atoms with van der Waals surface area (Å²) in [6.07, 6.45) is 7.64. The van der Waals surface area contributed by atoms with E-state index in [1.165, 1.54) is 32.1 Å². The van der Waals surface area contributed by atoms with Crippen molar-refractivity contribution in [3.05, 3.63) is 0 Å². The van der Waals surface area contributed by atoms with Crippen molar-refractivity contribution in [1.29, 1.82) is 0 Å². The van der Waals surface area contributed by atoms with Crippen molar-refractivity contribution in [3.63, 3.8) is 0 Å². The van der Waals surface area contributed by atoms with E-state index in [9.17, 15) is 17.2 Å². The van der Waals surface area contributed by atoms with Crippen LogP contribution in [0.2, 0.25) is 0 Å². The first kappa shape index (κ1) is 20.4. The van der Waals surface area contributed by atoms with Gasteiger partial charge in [0.05, 0.1) is 0 Å². The topological polar surface area (TPSA) is 73.8 Å². The molecule has 0 amide bonds. The molecule has 9 heteroatoms. The van der Waals surface area contributed by atoms with E-state index in [0.717, 1.165) is 16.8 Å². The van der Waals surface area contributed by atoms with Crippen LogP contribution in [0.5, 0.6) is 0 Å². The molecule has 1 aliphatic heterocycles. The normalized spacial score (nSPS) is 22.3. The molecule has 0 radical (unpaired) electrons. The molecule has 0 atom stereocenters. The van der Waals surface area contributed by atoms with Gasteiger partial charge in [0.15, 0.2) is 5.96 Å². The molecule has 0 bridgehead atoms. The van der Waals surface area contributed by atoms with Crippen LogP contribution < -0.4 is 10.6 Å². The Hall–Kier alpha value is -0.960. The Balaban J connectivity index is 1.68. The molecule has 0 unspecified atom stereocenters. The van der Waals surface area contributed by atoms with Crippen molar-refractivity contribution in [2.75, 3.05) is 33.2 Å². The molecule has 1 saturated heterocycles. The van der Waals surface area contributed by atoms with Gasteiger partial charge in [-0.15, -0.1) is 0 Å². The van der Waals surface area contributed by atoms with Crippen molar-refractivity contribution >= 4 is 16.0 Å². The first-order valence-electron chi connectivity index (χ1n) is 9.15. The molecule has 1 heterocycles. The Morgan fingerprint density at radius 3 is 2.04 bits per heavy atom. The summed E-state index contributed by atoms with van der Waals surface area (Å²) in [4.78, 5) is 4.22. The summed E-state index contributed by atoms with van der Waals surface area (Å²) in [5, 5.41) is 6.64. The lowest BCUT2D eigenvalue weighted by atomic mass is 9.89. The number of sulfonamides is 1. The number of hydrogen-bond acceptors (Lipinski definition) is 3. The average Bonchev–Trinajstić information content (AvgIpc) is 2.63. The van der Waals surface area contributed by atoms with Crippen molar-refractivity contribution in [2.45, 2.75) is 50.7 Å². The van der Waals surface area contributed by atoms with Crippen LogP contribution in [0.25, 0.3) is 0 Å². The summed E-state index contributed by atoms with van der Waals surface area (Å²) < 4.78 is 49.0. The zero-order valence-electron chi connectivity index (χ0n) is 14.9. The van der Waals surface area contributed by atoms with Gasteiger partial charge in [-0.2, -0.15) is 13.1 Å². The maximum absolute atomic E-state index is 12.6. The van der Waals surface area contributed by atoms with Gasteiger partial charge in [0.2, 0.25) is 0 Å². The van der Waals surface area contributed by atoms with Crippen LogP contribution in [0.15, 0.2) is 4.99 Å². The second kappa shape index (κ2) is 9.66. The van der Waals surface area contributed by atoms with Gasteiger partial charge in [0.25, 0.3) is 10.0 Å². The molecule has 1 saturated carbocycles.